The normalized spacial score (nSPS) is 12.1. The standard InChI is InChI=1S/C28H25F5N4O4.C2HF3O2/c1-17-24(36-12-6-11-23(25(36)35-17)41-16-20-21(29)9-5-10-22(20)30)26(38)34-14-19(13-28(31,32)33)37(27(39)40)15-18-7-3-2-4-8-18;3-2(4,5)1(6)7/h2-12,19H,13-16H2,1H3,(H,34,38)(H,39,40);(H,6,7). The van der Waals surface area contributed by atoms with E-state index in [0.717, 1.165) is 12.1 Å². The van der Waals surface area contributed by atoms with Gasteiger partial charge in [0.1, 0.15) is 23.9 Å². The molecule has 2 aromatic carbocycles. The molecule has 0 fully saturated rings. The molecule has 1 atom stereocenters. The number of aliphatic carboxylic acids is 1. The number of benzene rings is 2. The van der Waals surface area contributed by atoms with Crippen LogP contribution in [0, 0.1) is 18.6 Å². The highest BCUT2D eigenvalue weighted by Crippen LogP contribution is 2.27. The maximum absolute atomic E-state index is 14.0. The number of halogens is 8. The molecule has 2 heterocycles. The number of carbonyl (C=O) groups is 3. The van der Waals surface area contributed by atoms with Gasteiger partial charge in [0.05, 0.1) is 23.7 Å². The minimum atomic E-state index is -5.08. The van der Waals surface area contributed by atoms with Gasteiger partial charge >= 0.3 is 24.4 Å². The summed E-state index contributed by atoms with van der Waals surface area (Å²) in [6.45, 7) is 0.0865. The van der Waals surface area contributed by atoms with Gasteiger partial charge in [-0.25, -0.2) is 23.4 Å². The van der Waals surface area contributed by atoms with Crippen molar-refractivity contribution in [2.45, 2.75) is 44.9 Å². The molecule has 10 nitrogen and oxygen atoms in total. The number of aryl methyl sites for hydroxylation is 1. The molecular weight excluding hydrogens is 664 g/mol. The number of ether oxygens (including phenoxy) is 1. The van der Waals surface area contributed by atoms with E-state index in [4.69, 9.17) is 14.6 Å². The summed E-state index contributed by atoms with van der Waals surface area (Å²) < 4.78 is 107. The topological polar surface area (TPSA) is 133 Å². The van der Waals surface area contributed by atoms with E-state index in [1.165, 1.54) is 35.7 Å². The Morgan fingerprint density at radius 2 is 1.54 bits per heavy atom. The van der Waals surface area contributed by atoms with Crippen molar-refractivity contribution in [2.75, 3.05) is 6.54 Å². The minimum Gasteiger partial charge on any atom is -0.485 e. The van der Waals surface area contributed by atoms with Crippen LogP contribution in [-0.4, -0.2) is 67.4 Å². The molecule has 0 saturated carbocycles. The van der Waals surface area contributed by atoms with Gasteiger partial charge < -0.3 is 20.3 Å². The quantitative estimate of drug-likeness (QED) is 0.165. The van der Waals surface area contributed by atoms with Gasteiger partial charge in [-0.05, 0) is 36.8 Å². The molecule has 0 spiro atoms. The number of alkyl halides is 6. The molecule has 0 radical (unpaired) electrons. The van der Waals surface area contributed by atoms with E-state index < -0.39 is 67.6 Å². The van der Waals surface area contributed by atoms with Crippen LogP contribution in [0.1, 0.15) is 33.7 Å². The maximum Gasteiger partial charge on any atom is 0.490 e. The second kappa shape index (κ2) is 15.4. The summed E-state index contributed by atoms with van der Waals surface area (Å²) in [4.78, 5) is 39.0. The molecule has 4 rings (SSSR count). The number of fused-ring (bicyclic) bond motifs is 1. The second-order valence-corrected chi connectivity index (χ2v) is 9.98. The Balaban J connectivity index is 0.000000804. The van der Waals surface area contributed by atoms with Crippen LogP contribution in [0.5, 0.6) is 5.75 Å². The molecule has 0 saturated heterocycles. The van der Waals surface area contributed by atoms with Gasteiger partial charge in [-0.3, -0.25) is 14.1 Å². The lowest BCUT2D eigenvalue weighted by molar-refractivity contribution is -0.192. The zero-order chi connectivity index (χ0) is 35.8. The molecule has 0 bridgehead atoms. The summed E-state index contributed by atoms with van der Waals surface area (Å²) >= 11 is 0. The predicted octanol–water partition coefficient (Wildman–Crippen LogP) is 6.36. The van der Waals surface area contributed by atoms with Gasteiger partial charge in [0.25, 0.3) is 5.91 Å². The third-order valence-electron chi connectivity index (χ3n) is 6.53. The molecule has 0 aliphatic rings. The first-order chi connectivity index (χ1) is 22.4. The molecule has 2 amide bonds. The van der Waals surface area contributed by atoms with Crippen LogP contribution in [-0.2, 0) is 17.9 Å². The van der Waals surface area contributed by atoms with E-state index in [-0.39, 0.29) is 34.9 Å². The molecule has 258 valence electrons. The lowest BCUT2D eigenvalue weighted by Crippen LogP contribution is -2.48. The largest absolute Gasteiger partial charge is 0.490 e. The Kier molecular flexibility index (Phi) is 11.9. The minimum absolute atomic E-state index is 0.0294. The first kappa shape index (κ1) is 37.0. The van der Waals surface area contributed by atoms with Gasteiger partial charge in [0.2, 0.25) is 0 Å². The number of pyridine rings is 1. The number of aromatic nitrogens is 2. The van der Waals surface area contributed by atoms with E-state index in [1.54, 1.807) is 30.3 Å². The fourth-order valence-corrected chi connectivity index (χ4v) is 4.35. The number of amides is 2. The smallest absolute Gasteiger partial charge is 0.485 e. The highest BCUT2D eigenvalue weighted by Gasteiger charge is 2.38. The molecule has 0 aliphatic heterocycles. The van der Waals surface area contributed by atoms with Crippen molar-refractivity contribution in [1.29, 1.82) is 0 Å². The summed E-state index contributed by atoms with van der Waals surface area (Å²) in [5.41, 5.74) is 0.481. The van der Waals surface area contributed by atoms with Crippen LogP contribution in [0.2, 0.25) is 0 Å². The Hall–Kier alpha value is -5.42. The van der Waals surface area contributed by atoms with Crippen molar-refractivity contribution in [1.82, 2.24) is 19.6 Å². The molecular formula is C30H26F8N4O6. The van der Waals surface area contributed by atoms with Gasteiger partial charge in [-0.1, -0.05) is 36.4 Å². The van der Waals surface area contributed by atoms with Crippen LogP contribution in [0.15, 0.2) is 66.9 Å². The predicted molar refractivity (Wildman–Crippen MR) is 151 cm³/mol. The van der Waals surface area contributed by atoms with Gasteiger partial charge in [-0.2, -0.15) is 26.3 Å². The zero-order valence-corrected chi connectivity index (χ0v) is 24.6. The lowest BCUT2D eigenvalue weighted by Gasteiger charge is -2.30. The molecule has 4 aromatic rings. The Bertz CT molecular complexity index is 1720. The SMILES string of the molecule is Cc1nc2c(OCc3c(F)cccc3F)cccn2c1C(=O)NCC(CC(F)(F)F)N(Cc1ccccc1)C(=O)O.O=C(O)C(F)(F)F. The molecule has 18 heteroatoms. The summed E-state index contributed by atoms with van der Waals surface area (Å²) in [6.07, 6.45) is -11.4. The third kappa shape index (κ3) is 10.0. The molecule has 3 N–H and O–H groups in total. The summed E-state index contributed by atoms with van der Waals surface area (Å²) in [6, 6.07) is 12.9. The number of imidazole rings is 1. The van der Waals surface area contributed by atoms with E-state index in [2.05, 4.69) is 10.3 Å². The highest BCUT2D eigenvalue weighted by atomic mass is 19.4. The number of nitrogens with zero attached hydrogens (tertiary/aromatic N) is 3. The lowest BCUT2D eigenvalue weighted by atomic mass is 10.1. The van der Waals surface area contributed by atoms with E-state index in [1.807, 2.05) is 0 Å². The van der Waals surface area contributed by atoms with Crippen molar-refractivity contribution in [3.05, 3.63) is 101 Å². The number of rotatable bonds is 10. The number of carbonyl (C=O) groups excluding carboxylic acids is 1. The highest BCUT2D eigenvalue weighted by molar-refractivity contribution is 5.95. The molecule has 2 aromatic heterocycles. The Morgan fingerprint density at radius 1 is 0.938 bits per heavy atom. The van der Waals surface area contributed by atoms with E-state index in [9.17, 15) is 49.8 Å². The zero-order valence-electron chi connectivity index (χ0n) is 24.6. The van der Waals surface area contributed by atoms with Crippen molar-refractivity contribution in [3.63, 3.8) is 0 Å². The summed E-state index contributed by atoms with van der Waals surface area (Å²) in [5, 5.41) is 19.2. The van der Waals surface area contributed by atoms with Gasteiger partial charge in [0, 0.05) is 19.3 Å². The number of carboxylic acid groups (broad SMARTS) is 2. The Labute approximate surface area is 266 Å². The van der Waals surface area contributed by atoms with E-state index in [0.29, 0.717) is 10.5 Å². The monoisotopic (exact) mass is 690 g/mol. The van der Waals surface area contributed by atoms with Crippen molar-refractivity contribution >= 4 is 23.6 Å². The summed E-state index contributed by atoms with van der Waals surface area (Å²) in [5.74, 6) is -5.05. The average molecular weight is 691 g/mol. The van der Waals surface area contributed by atoms with Crippen molar-refractivity contribution in [3.8, 4) is 5.75 Å². The van der Waals surface area contributed by atoms with Crippen LogP contribution < -0.4 is 10.1 Å². The third-order valence-corrected chi connectivity index (χ3v) is 6.53. The Morgan fingerprint density at radius 3 is 2.08 bits per heavy atom. The number of carboxylic acids is 1. The van der Waals surface area contributed by atoms with Gasteiger partial charge in [0.15, 0.2) is 11.4 Å². The average Bonchev–Trinajstić information content (AvgIpc) is 3.34. The molecule has 48 heavy (non-hydrogen) atoms. The van der Waals surface area contributed by atoms with Crippen molar-refractivity contribution in [2.24, 2.45) is 0 Å². The number of hydrogen-bond donors (Lipinski definition) is 3. The maximum atomic E-state index is 14.0. The first-order valence-corrected chi connectivity index (χ1v) is 13.6. The number of nitrogens with one attached hydrogen (secondary N) is 1. The van der Waals surface area contributed by atoms with Crippen LogP contribution in [0.25, 0.3) is 5.65 Å². The van der Waals surface area contributed by atoms with E-state index >= 15 is 0 Å². The fraction of sp³-hybridized carbons (Fsp3) is 0.267. The summed E-state index contributed by atoms with van der Waals surface area (Å²) in [7, 11) is 0. The van der Waals surface area contributed by atoms with Crippen molar-refractivity contribution < 1.29 is 64.5 Å². The van der Waals surface area contributed by atoms with Crippen LogP contribution in [0.4, 0.5) is 39.9 Å². The second-order valence-electron chi connectivity index (χ2n) is 9.98. The van der Waals surface area contributed by atoms with Crippen LogP contribution >= 0.6 is 0 Å². The molecule has 0 aliphatic carbocycles. The van der Waals surface area contributed by atoms with Crippen LogP contribution in [0.3, 0.4) is 0 Å². The number of hydrogen-bond acceptors (Lipinski definition) is 5. The fourth-order valence-electron chi connectivity index (χ4n) is 4.35. The van der Waals surface area contributed by atoms with Gasteiger partial charge in [-0.15, -0.1) is 0 Å². The molecule has 1 unspecified atom stereocenters. The first-order valence-electron chi connectivity index (χ1n) is 13.6.